The minimum Gasteiger partial charge on any atom is -0.376 e. The van der Waals surface area contributed by atoms with Gasteiger partial charge in [0.05, 0.1) is 12.2 Å². The number of rotatable bonds is 3. The highest BCUT2D eigenvalue weighted by molar-refractivity contribution is 5.71. The van der Waals surface area contributed by atoms with Crippen LogP contribution in [-0.2, 0) is 4.74 Å². The van der Waals surface area contributed by atoms with Gasteiger partial charge in [-0.05, 0) is 46.0 Å². The minimum atomic E-state index is -0.414. The van der Waals surface area contributed by atoms with Gasteiger partial charge in [-0.2, -0.15) is 0 Å². The molecule has 1 fully saturated rings. The van der Waals surface area contributed by atoms with Gasteiger partial charge in [-0.1, -0.05) is 6.42 Å². The van der Waals surface area contributed by atoms with E-state index in [1.165, 1.54) is 6.42 Å². The number of hydrogen-bond donors (Lipinski definition) is 2. The quantitative estimate of drug-likeness (QED) is 0.776. The summed E-state index contributed by atoms with van der Waals surface area (Å²) in [4.78, 5) is 10.8. The molecule has 0 aromatic carbocycles. The monoisotopic (exact) mass is 228 g/mol. The number of carbonyl (C=O) groups excluding carboxylic acids is 1. The zero-order valence-corrected chi connectivity index (χ0v) is 10.6. The molecule has 0 aliphatic heterocycles. The fourth-order valence-corrected chi connectivity index (χ4v) is 2.14. The third-order valence-electron chi connectivity index (χ3n) is 2.88. The van der Waals surface area contributed by atoms with Crippen molar-refractivity contribution in [1.82, 2.24) is 5.32 Å². The lowest BCUT2D eigenvalue weighted by atomic mass is 9.86. The number of amides is 2. The molecule has 0 spiro atoms. The summed E-state index contributed by atoms with van der Waals surface area (Å²) in [6.45, 7) is 6.97. The first-order chi connectivity index (χ1) is 7.37. The molecule has 0 aromatic rings. The van der Waals surface area contributed by atoms with Crippen LogP contribution >= 0.6 is 0 Å². The molecule has 0 radical (unpaired) electrons. The summed E-state index contributed by atoms with van der Waals surface area (Å²) in [6.07, 6.45) is 4.35. The molecular weight excluding hydrogens is 204 g/mol. The molecule has 1 aliphatic rings. The van der Waals surface area contributed by atoms with Crippen molar-refractivity contribution in [2.45, 2.75) is 58.1 Å². The Bertz CT molecular complexity index is 236. The molecule has 0 saturated heterocycles. The van der Waals surface area contributed by atoms with Gasteiger partial charge in [0.1, 0.15) is 0 Å². The van der Waals surface area contributed by atoms with Crippen molar-refractivity contribution < 1.29 is 9.53 Å². The van der Waals surface area contributed by atoms with E-state index >= 15 is 0 Å². The van der Waals surface area contributed by atoms with Crippen LogP contribution in [0.5, 0.6) is 0 Å². The van der Waals surface area contributed by atoms with E-state index in [4.69, 9.17) is 10.5 Å². The molecule has 1 saturated carbocycles. The van der Waals surface area contributed by atoms with Gasteiger partial charge < -0.3 is 15.8 Å². The Kier molecular flexibility index (Phi) is 4.59. The van der Waals surface area contributed by atoms with Crippen molar-refractivity contribution in [2.75, 3.05) is 6.61 Å². The number of carbonyl (C=O) groups is 1. The highest BCUT2D eigenvalue weighted by Gasteiger charge is 2.24. The zero-order chi connectivity index (χ0) is 12.2. The normalized spacial score (nSPS) is 26.4. The maximum atomic E-state index is 10.8. The zero-order valence-electron chi connectivity index (χ0n) is 10.6. The van der Waals surface area contributed by atoms with Crippen molar-refractivity contribution in [2.24, 2.45) is 11.7 Å². The molecule has 1 rings (SSSR count). The number of nitrogens with two attached hydrogens (primary N) is 1. The van der Waals surface area contributed by atoms with E-state index in [0.29, 0.717) is 5.92 Å². The molecule has 2 atom stereocenters. The lowest BCUT2D eigenvalue weighted by Crippen LogP contribution is -2.42. The summed E-state index contributed by atoms with van der Waals surface area (Å²) < 4.78 is 5.78. The van der Waals surface area contributed by atoms with Gasteiger partial charge in [0.15, 0.2) is 0 Å². The largest absolute Gasteiger partial charge is 0.376 e. The van der Waals surface area contributed by atoms with Gasteiger partial charge in [-0.3, -0.25) is 0 Å². The van der Waals surface area contributed by atoms with Gasteiger partial charge in [0, 0.05) is 6.04 Å². The smallest absolute Gasteiger partial charge is 0.312 e. The van der Waals surface area contributed by atoms with Gasteiger partial charge in [-0.15, -0.1) is 0 Å². The molecule has 94 valence electrons. The first-order valence-corrected chi connectivity index (χ1v) is 6.07. The average molecular weight is 228 g/mol. The number of ether oxygens (including phenoxy) is 1. The summed E-state index contributed by atoms with van der Waals surface area (Å²) in [5, 5.41) is 2.79. The highest BCUT2D eigenvalue weighted by atomic mass is 16.5. The van der Waals surface area contributed by atoms with E-state index in [-0.39, 0.29) is 11.6 Å². The van der Waals surface area contributed by atoms with Crippen molar-refractivity contribution in [3.63, 3.8) is 0 Å². The topological polar surface area (TPSA) is 64.3 Å². The molecular formula is C12H24N2O2. The molecule has 16 heavy (non-hydrogen) atoms. The van der Waals surface area contributed by atoms with Crippen molar-refractivity contribution in [3.8, 4) is 0 Å². The third kappa shape index (κ3) is 5.35. The van der Waals surface area contributed by atoms with Crippen molar-refractivity contribution >= 4 is 6.03 Å². The van der Waals surface area contributed by atoms with Gasteiger partial charge in [0.2, 0.25) is 0 Å². The predicted molar refractivity (Wildman–Crippen MR) is 64.2 cm³/mol. The van der Waals surface area contributed by atoms with E-state index in [9.17, 15) is 4.79 Å². The van der Waals surface area contributed by atoms with Crippen LogP contribution in [-0.4, -0.2) is 24.3 Å². The van der Waals surface area contributed by atoms with E-state index in [0.717, 1.165) is 25.9 Å². The second-order valence-electron chi connectivity index (χ2n) is 5.66. The fourth-order valence-electron chi connectivity index (χ4n) is 2.14. The number of urea groups is 1. The van der Waals surface area contributed by atoms with Crippen LogP contribution in [0.3, 0.4) is 0 Å². The lowest BCUT2D eigenvalue weighted by molar-refractivity contribution is -0.0295. The molecule has 1 aliphatic carbocycles. The summed E-state index contributed by atoms with van der Waals surface area (Å²) in [5.74, 6) is 0.546. The first kappa shape index (κ1) is 13.3. The van der Waals surface area contributed by atoms with E-state index in [2.05, 4.69) is 26.1 Å². The van der Waals surface area contributed by atoms with Crippen LogP contribution in [0.2, 0.25) is 0 Å². The molecule has 0 aromatic heterocycles. The Labute approximate surface area is 97.9 Å². The molecule has 2 amide bonds. The van der Waals surface area contributed by atoms with Gasteiger partial charge in [0.25, 0.3) is 0 Å². The fraction of sp³-hybridized carbons (Fsp3) is 0.917. The third-order valence-corrected chi connectivity index (χ3v) is 2.88. The van der Waals surface area contributed by atoms with Crippen LogP contribution in [0.15, 0.2) is 0 Å². The molecule has 3 N–H and O–H groups in total. The van der Waals surface area contributed by atoms with Crippen LogP contribution in [0.1, 0.15) is 46.5 Å². The molecule has 0 heterocycles. The van der Waals surface area contributed by atoms with E-state index < -0.39 is 6.03 Å². The number of hydrogen-bond acceptors (Lipinski definition) is 2. The summed E-state index contributed by atoms with van der Waals surface area (Å²) in [7, 11) is 0. The minimum absolute atomic E-state index is 0.0793. The second kappa shape index (κ2) is 5.53. The molecule has 4 nitrogen and oxygen atoms in total. The summed E-state index contributed by atoms with van der Waals surface area (Å²) in [6, 6.07) is -0.179. The van der Waals surface area contributed by atoms with Crippen LogP contribution in [0, 0.1) is 5.92 Å². The Balaban J connectivity index is 2.30. The SMILES string of the molecule is CC(C)(C)OC[C@@H]1CCC[C@@H](NC(N)=O)C1. The first-order valence-electron chi connectivity index (χ1n) is 6.07. The predicted octanol–water partition coefficient (Wildman–Crippen LogP) is 2.03. The van der Waals surface area contributed by atoms with Crippen molar-refractivity contribution in [3.05, 3.63) is 0 Å². The lowest BCUT2D eigenvalue weighted by Gasteiger charge is -2.31. The summed E-state index contributed by atoms with van der Waals surface area (Å²) in [5.41, 5.74) is 5.05. The molecule has 0 unspecified atom stereocenters. The van der Waals surface area contributed by atoms with E-state index in [1.807, 2.05) is 0 Å². The number of primary amides is 1. The molecule has 0 bridgehead atoms. The van der Waals surface area contributed by atoms with Crippen LogP contribution < -0.4 is 11.1 Å². The van der Waals surface area contributed by atoms with Gasteiger partial charge in [-0.25, -0.2) is 4.79 Å². The van der Waals surface area contributed by atoms with Crippen LogP contribution in [0.25, 0.3) is 0 Å². The summed E-state index contributed by atoms with van der Waals surface area (Å²) >= 11 is 0. The standard InChI is InChI=1S/C12H24N2O2/c1-12(2,3)16-8-9-5-4-6-10(7-9)14-11(13)15/h9-10H,4-8H2,1-3H3,(H3,13,14,15)/t9-,10-/m1/s1. The molecule has 4 heteroatoms. The Morgan fingerprint density at radius 1 is 1.44 bits per heavy atom. The Morgan fingerprint density at radius 2 is 2.12 bits per heavy atom. The Morgan fingerprint density at radius 3 is 2.69 bits per heavy atom. The maximum Gasteiger partial charge on any atom is 0.312 e. The Hall–Kier alpha value is -0.770. The van der Waals surface area contributed by atoms with Gasteiger partial charge >= 0.3 is 6.03 Å². The number of nitrogens with one attached hydrogen (secondary N) is 1. The van der Waals surface area contributed by atoms with Crippen LogP contribution in [0.4, 0.5) is 4.79 Å². The van der Waals surface area contributed by atoms with Crippen molar-refractivity contribution in [1.29, 1.82) is 0 Å². The maximum absolute atomic E-state index is 10.8. The van der Waals surface area contributed by atoms with E-state index in [1.54, 1.807) is 0 Å². The second-order valence-corrected chi connectivity index (χ2v) is 5.66. The average Bonchev–Trinajstić information content (AvgIpc) is 2.13. The highest BCUT2D eigenvalue weighted by Crippen LogP contribution is 2.25.